The highest BCUT2D eigenvalue weighted by molar-refractivity contribution is 8.01. The van der Waals surface area contributed by atoms with Crippen LogP contribution < -0.4 is 63.4 Å². The Morgan fingerprint density at radius 3 is 0.552 bits per heavy atom. The minimum Gasteiger partial charge on any atom is -0.458 e. The van der Waals surface area contributed by atoms with Crippen LogP contribution in [-0.2, 0) is 0 Å². The zero-order chi connectivity index (χ0) is 70.2. The second-order valence-electron chi connectivity index (χ2n) is 30.2. The maximum absolute atomic E-state index is 6.86. The molecule has 15 rings (SSSR count). The first-order valence-electron chi connectivity index (χ1n) is 35.0. The van der Waals surface area contributed by atoms with Crippen molar-refractivity contribution in [1.29, 1.82) is 0 Å². The molecule has 0 saturated carbocycles. The van der Waals surface area contributed by atoms with E-state index in [1.165, 1.54) is 246 Å². The molecule has 0 unspecified atom stereocenters. The van der Waals surface area contributed by atoms with Gasteiger partial charge in [-0.3, -0.25) is 0 Å². The smallest absolute Gasteiger partial charge is 0.261 e. The van der Waals surface area contributed by atoms with Crippen LogP contribution in [0.1, 0.15) is 184 Å². The van der Waals surface area contributed by atoms with Crippen molar-refractivity contribution in [2.45, 2.75) is 258 Å². The molecule has 6 heterocycles. The highest BCUT2D eigenvalue weighted by Gasteiger charge is 2.49. The molecule has 0 amide bonds. The first-order valence-corrected chi connectivity index (χ1v) is 37.5. The summed E-state index contributed by atoms with van der Waals surface area (Å²) in [6.07, 6.45) is 0. The Hall–Kier alpha value is -6.38. The van der Waals surface area contributed by atoms with Crippen molar-refractivity contribution >= 4 is 105 Å². The summed E-state index contributed by atoms with van der Waals surface area (Å²) in [5.41, 5.74) is 58.4. The summed E-state index contributed by atoms with van der Waals surface area (Å²) in [6.45, 7) is 75.9. The quantitative estimate of drug-likeness (QED) is 0.141. The Balaban J connectivity index is 0.000000130. The third-order valence-electron chi connectivity index (χ3n) is 26.8. The number of ether oxygens (including phenoxy) is 3. The Bertz CT molecular complexity index is 4230. The van der Waals surface area contributed by atoms with Crippen molar-refractivity contribution in [2.24, 2.45) is 0 Å². The number of hydrogen-bond acceptors (Lipinski definition) is 6. The van der Waals surface area contributed by atoms with Crippen molar-refractivity contribution in [3.05, 3.63) is 184 Å². The number of benzene rings is 9. The fourth-order valence-electron chi connectivity index (χ4n) is 17.6. The van der Waals surface area contributed by atoms with E-state index in [4.69, 9.17) is 14.2 Å². The molecule has 6 aliphatic rings. The molecule has 492 valence electrons. The molecule has 0 spiro atoms. The van der Waals surface area contributed by atoms with Crippen molar-refractivity contribution in [3.63, 3.8) is 0 Å². The molecule has 9 aromatic rings. The third-order valence-corrected chi connectivity index (χ3v) is 31.2. The molecule has 9 heteroatoms. The number of rotatable bonds is 0. The molecular formula is C87H99B3O3S3. The normalized spacial score (nSPS) is 13.5. The van der Waals surface area contributed by atoms with E-state index in [0.29, 0.717) is 6.71 Å². The monoisotopic (exact) mass is 1320 g/mol. The molecule has 0 atom stereocenters. The van der Waals surface area contributed by atoms with Crippen LogP contribution in [0.2, 0.25) is 0 Å². The Kier molecular flexibility index (Phi) is 16.6. The van der Waals surface area contributed by atoms with Gasteiger partial charge >= 0.3 is 0 Å². The summed E-state index contributed by atoms with van der Waals surface area (Å²) < 4.78 is 20.5. The lowest BCUT2D eigenvalue weighted by Gasteiger charge is -2.39. The van der Waals surface area contributed by atoms with Gasteiger partial charge in [0.2, 0.25) is 6.71 Å². The Morgan fingerprint density at radius 1 is 0.135 bits per heavy atom. The first-order chi connectivity index (χ1) is 45.0. The molecule has 0 fully saturated rings. The van der Waals surface area contributed by atoms with Crippen LogP contribution >= 0.6 is 35.3 Å². The summed E-state index contributed by atoms with van der Waals surface area (Å²) in [5.74, 6) is 6.26. The fraction of sp³-hybridized carbons (Fsp3) is 0.379. The minimum atomic E-state index is 0.126. The lowest BCUT2D eigenvalue weighted by Crippen LogP contribution is -2.60. The summed E-state index contributed by atoms with van der Waals surface area (Å²) in [7, 11) is 0. The van der Waals surface area contributed by atoms with Crippen LogP contribution in [0, 0.1) is 228 Å². The van der Waals surface area contributed by atoms with E-state index in [0.717, 1.165) is 34.5 Å². The Morgan fingerprint density at radius 2 is 0.281 bits per heavy atom. The van der Waals surface area contributed by atoms with E-state index in [-0.39, 0.29) is 13.4 Å². The minimum absolute atomic E-state index is 0.126. The second kappa shape index (κ2) is 23.4. The van der Waals surface area contributed by atoms with Gasteiger partial charge in [0.15, 0.2) is 0 Å². The summed E-state index contributed by atoms with van der Waals surface area (Å²) in [5, 5.41) is 0. The van der Waals surface area contributed by atoms with Gasteiger partial charge in [0.05, 0.1) is 0 Å². The molecule has 9 aromatic carbocycles. The van der Waals surface area contributed by atoms with Crippen molar-refractivity contribution in [2.75, 3.05) is 0 Å². The average Bonchev–Trinajstić information content (AvgIpc) is 0.709. The molecule has 6 aliphatic heterocycles. The highest BCUT2D eigenvalue weighted by Crippen LogP contribution is 2.50. The predicted molar refractivity (Wildman–Crippen MR) is 421 cm³/mol. The van der Waals surface area contributed by atoms with Gasteiger partial charge in [0, 0.05) is 34.8 Å². The van der Waals surface area contributed by atoms with E-state index in [1.54, 1.807) is 16.4 Å². The number of fused-ring (bicyclic) bond motifs is 12. The van der Waals surface area contributed by atoms with Crippen LogP contribution in [-0.4, -0.2) is 20.1 Å². The summed E-state index contributed by atoms with van der Waals surface area (Å²) in [4.78, 5) is 8.91. The van der Waals surface area contributed by atoms with E-state index in [2.05, 4.69) is 228 Å². The second-order valence-corrected chi connectivity index (χ2v) is 33.3. The zero-order valence-electron chi connectivity index (χ0n) is 64.2. The van der Waals surface area contributed by atoms with Crippen molar-refractivity contribution in [3.8, 4) is 34.5 Å². The van der Waals surface area contributed by atoms with E-state index in [1.807, 2.05) is 35.3 Å². The van der Waals surface area contributed by atoms with Crippen LogP contribution in [0.15, 0.2) is 29.4 Å². The molecule has 0 saturated heterocycles. The van der Waals surface area contributed by atoms with Gasteiger partial charge in [-0.25, -0.2) is 0 Å². The van der Waals surface area contributed by atoms with E-state index >= 15 is 0 Å². The molecule has 96 heavy (non-hydrogen) atoms. The first kappa shape index (κ1) is 68.2. The van der Waals surface area contributed by atoms with Gasteiger partial charge in [-0.2, -0.15) is 0 Å². The maximum Gasteiger partial charge on any atom is 0.261 e. The topological polar surface area (TPSA) is 27.7 Å². The highest BCUT2D eigenvalue weighted by atomic mass is 32.2. The van der Waals surface area contributed by atoms with Gasteiger partial charge in [-0.05, 0) is 423 Å². The van der Waals surface area contributed by atoms with E-state index < -0.39 is 0 Å². The molecule has 0 aliphatic carbocycles. The van der Waals surface area contributed by atoms with Crippen LogP contribution in [0.4, 0.5) is 0 Å². The lowest BCUT2D eigenvalue weighted by atomic mass is 9.32. The van der Waals surface area contributed by atoms with Gasteiger partial charge in [-0.15, -0.1) is 0 Å². The van der Waals surface area contributed by atoms with E-state index in [9.17, 15) is 0 Å². The van der Waals surface area contributed by atoms with Gasteiger partial charge < -0.3 is 14.2 Å². The van der Waals surface area contributed by atoms with Gasteiger partial charge in [0.25, 0.3) is 13.4 Å². The van der Waals surface area contributed by atoms with Crippen molar-refractivity contribution in [1.82, 2.24) is 0 Å². The standard InChI is InChI=1S/C29H33BO2.C29H33BOS.C29H33BS2/c1-12-14(3)19(8)26-23(17(12)6)30-24-18(7)13(2)15(4)20(9)27(24)32-29-22(11)16(5)21(10)28(31-26)25(29)30;1-12-14(3)19(8)26-23(17(12)6)30-24-18(7)13(2)15(4)21(10)28(24)32-29-22(11)16(5)20(9)27(31-26)25(29)30;1-12-14(3)19(8)26-23(17(12)6)30-24-18(7)13(2)15(4)20(9)27(24)32-29-22(11)16(5)21(10)28(31-26)25(29)30/h3*1-11H3. The number of hydrogen-bond donors (Lipinski definition) is 0. The predicted octanol–water partition coefficient (Wildman–Crippen LogP) is 18.5. The molecule has 3 nitrogen and oxygen atoms in total. The average molecular weight is 1320 g/mol. The largest absolute Gasteiger partial charge is 0.458 e. The summed E-state index contributed by atoms with van der Waals surface area (Å²) >= 11 is 6.06. The lowest BCUT2D eigenvalue weighted by molar-refractivity contribution is 0.454. The SMILES string of the molecule is Cc1c(C)c(C)c2c(c1C)Oc1c(C)c(C)c(C)c3c1B2c1c(C)c(C)c(C)c(C)c1O3.Cc1c(C)c(C)c2c(c1C)Oc1c(C)c(C)c(C)c3c1B2c1c(C)c(C)c(C)c(C)c1S3.Cc1c(C)c(C)c2c(c1C)Sc1c(C)c(C)c(C)c3c1B2c1c(C)c(C)c(C)c(C)c1S3. The zero-order valence-corrected chi connectivity index (χ0v) is 66.6. The van der Waals surface area contributed by atoms with Gasteiger partial charge in [0.1, 0.15) is 34.5 Å². The summed E-state index contributed by atoms with van der Waals surface area (Å²) in [6, 6.07) is 0. The Labute approximate surface area is 590 Å². The fourth-order valence-corrected chi connectivity index (χ4v) is 22.2. The molecule has 0 aromatic heterocycles. The molecular weight excluding hydrogens is 1220 g/mol. The van der Waals surface area contributed by atoms with Gasteiger partial charge in [-0.1, -0.05) is 68.4 Å². The van der Waals surface area contributed by atoms with Crippen LogP contribution in [0.25, 0.3) is 0 Å². The van der Waals surface area contributed by atoms with Crippen LogP contribution in [0.3, 0.4) is 0 Å². The van der Waals surface area contributed by atoms with Crippen molar-refractivity contribution < 1.29 is 14.2 Å². The molecule has 0 bridgehead atoms. The van der Waals surface area contributed by atoms with Crippen LogP contribution in [0.5, 0.6) is 34.5 Å². The maximum atomic E-state index is 6.86. The third kappa shape index (κ3) is 9.04. The molecule has 0 radical (unpaired) electrons. The molecule has 0 N–H and O–H groups in total.